The summed E-state index contributed by atoms with van der Waals surface area (Å²) in [6, 6.07) is 0. The monoisotopic (exact) mass is 304 g/mol. The summed E-state index contributed by atoms with van der Waals surface area (Å²) < 4.78 is 0. The van der Waals surface area contributed by atoms with E-state index in [0.29, 0.717) is 30.0 Å². The van der Waals surface area contributed by atoms with Gasteiger partial charge in [-0.05, 0) is 62.2 Å². The number of carbonyl (C=O) groups is 1. The van der Waals surface area contributed by atoms with Crippen LogP contribution in [0.1, 0.15) is 58.8 Å². The number of fused-ring (bicyclic) bond motifs is 5. The van der Waals surface area contributed by atoms with Crippen molar-refractivity contribution >= 4 is 11.6 Å². The highest BCUT2D eigenvalue weighted by Gasteiger charge is 2.61. The molecule has 0 amide bonds. The maximum atomic E-state index is 13.1. The highest BCUT2D eigenvalue weighted by molar-refractivity contribution is 5.89. The average Bonchev–Trinajstić information content (AvgIpc) is 2.73. The summed E-state index contributed by atoms with van der Waals surface area (Å²) in [5.41, 5.74) is 5.87. The highest BCUT2D eigenvalue weighted by atomic mass is 16.3. The molecular weight excluding hydrogens is 276 g/mol. The molecule has 22 heavy (non-hydrogen) atoms. The van der Waals surface area contributed by atoms with Crippen LogP contribution < -0.4 is 5.73 Å². The molecule has 122 valence electrons. The zero-order chi connectivity index (χ0) is 15.7. The molecule has 0 spiro atoms. The number of Topliss-reactive ketones (excluding diaryl/α,β-unsaturated/α-hetero) is 1. The van der Waals surface area contributed by atoms with E-state index in [1.807, 2.05) is 0 Å². The van der Waals surface area contributed by atoms with Gasteiger partial charge in [0.05, 0.1) is 17.5 Å². The number of ketones is 1. The second-order valence-corrected chi connectivity index (χ2v) is 8.76. The third-order valence-electron chi connectivity index (χ3n) is 7.52. The van der Waals surface area contributed by atoms with Gasteiger partial charge in [-0.2, -0.15) is 0 Å². The topological polar surface area (TPSA) is 75.7 Å². The van der Waals surface area contributed by atoms with Crippen molar-refractivity contribution in [3.8, 4) is 0 Å². The first-order valence-electron chi connectivity index (χ1n) is 8.88. The van der Waals surface area contributed by atoms with Crippen molar-refractivity contribution in [3.05, 3.63) is 0 Å². The van der Waals surface area contributed by atoms with Crippen LogP contribution in [-0.2, 0) is 4.79 Å². The number of rotatable bonds is 0. The molecule has 3 saturated carbocycles. The molecule has 0 aromatic heterocycles. The molecule has 4 rings (SSSR count). The fraction of sp³-hybridized carbons (Fsp3) is 0.889. The summed E-state index contributed by atoms with van der Waals surface area (Å²) >= 11 is 0. The first-order valence-corrected chi connectivity index (χ1v) is 8.88. The van der Waals surface area contributed by atoms with Gasteiger partial charge in [0, 0.05) is 18.8 Å². The van der Waals surface area contributed by atoms with E-state index in [1.165, 1.54) is 0 Å². The van der Waals surface area contributed by atoms with E-state index in [2.05, 4.69) is 18.8 Å². The van der Waals surface area contributed by atoms with Crippen LogP contribution in [0.2, 0.25) is 0 Å². The van der Waals surface area contributed by atoms with E-state index >= 15 is 0 Å². The number of nitrogens with zero attached hydrogens (tertiary/aromatic N) is 1. The summed E-state index contributed by atoms with van der Waals surface area (Å²) in [6.07, 6.45) is 6.24. The molecule has 4 nitrogen and oxygen atoms in total. The summed E-state index contributed by atoms with van der Waals surface area (Å²) in [6.45, 7) is 4.45. The first kappa shape index (κ1) is 14.7. The molecule has 3 fully saturated rings. The summed E-state index contributed by atoms with van der Waals surface area (Å²) in [7, 11) is 0. The van der Waals surface area contributed by atoms with E-state index in [0.717, 1.165) is 44.4 Å². The van der Waals surface area contributed by atoms with Crippen molar-refractivity contribution < 1.29 is 9.90 Å². The average molecular weight is 304 g/mol. The molecule has 7 atom stereocenters. The number of hydrogen-bond donors (Lipinski definition) is 2. The van der Waals surface area contributed by atoms with Crippen LogP contribution in [-0.4, -0.2) is 28.4 Å². The second-order valence-electron chi connectivity index (χ2n) is 8.76. The maximum absolute atomic E-state index is 13.1. The molecule has 2 unspecified atom stereocenters. The molecule has 0 bridgehead atoms. The van der Waals surface area contributed by atoms with E-state index in [-0.39, 0.29) is 23.0 Å². The molecule has 4 heteroatoms. The molecule has 0 radical (unpaired) electrons. The molecule has 1 aliphatic heterocycles. The Balaban J connectivity index is 1.69. The van der Waals surface area contributed by atoms with Crippen LogP contribution in [0.5, 0.6) is 0 Å². The van der Waals surface area contributed by atoms with Gasteiger partial charge in [-0.3, -0.25) is 9.79 Å². The van der Waals surface area contributed by atoms with Gasteiger partial charge in [0.25, 0.3) is 0 Å². The third kappa shape index (κ3) is 1.85. The normalized spacial score (nSPS) is 54.2. The summed E-state index contributed by atoms with van der Waals surface area (Å²) in [5.74, 6) is 2.70. The summed E-state index contributed by atoms with van der Waals surface area (Å²) in [5, 5.41) is 10.0. The Kier molecular flexibility index (Phi) is 3.04. The quantitative estimate of drug-likeness (QED) is 0.721. The lowest BCUT2D eigenvalue weighted by molar-refractivity contribution is -0.154. The van der Waals surface area contributed by atoms with Gasteiger partial charge in [0.1, 0.15) is 5.78 Å². The van der Waals surface area contributed by atoms with Crippen LogP contribution in [0.25, 0.3) is 0 Å². The van der Waals surface area contributed by atoms with Crippen molar-refractivity contribution in [2.24, 2.45) is 39.8 Å². The maximum Gasteiger partial charge on any atom is 0.139 e. The smallest absolute Gasteiger partial charge is 0.139 e. The minimum atomic E-state index is -0.250. The molecule has 1 heterocycles. The zero-order valence-corrected chi connectivity index (χ0v) is 13.7. The Bertz CT molecular complexity index is 545. The van der Waals surface area contributed by atoms with E-state index in [1.54, 1.807) is 0 Å². The minimum Gasteiger partial charge on any atom is -0.393 e. The van der Waals surface area contributed by atoms with Crippen molar-refractivity contribution in [2.75, 3.05) is 0 Å². The number of aliphatic hydroxyl groups is 1. The van der Waals surface area contributed by atoms with Crippen molar-refractivity contribution in [2.45, 2.75) is 70.4 Å². The Morgan fingerprint density at radius 2 is 2.05 bits per heavy atom. The van der Waals surface area contributed by atoms with Crippen molar-refractivity contribution in [3.63, 3.8) is 0 Å². The molecule has 0 saturated heterocycles. The van der Waals surface area contributed by atoms with Gasteiger partial charge in [0.2, 0.25) is 0 Å². The molecule has 0 aromatic carbocycles. The molecule has 3 aliphatic carbocycles. The van der Waals surface area contributed by atoms with Gasteiger partial charge >= 0.3 is 0 Å². The third-order valence-corrected chi connectivity index (χ3v) is 7.52. The number of nitrogens with two attached hydrogens (primary N) is 1. The van der Waals surface area contributed by atoms with E-state index < -0.39 is 0 Å². The lowest BCUT2D eigenvalue weighted by Gasteiger charge is -2.58. The van der Waals surface area contributed by atoms with E-state index in [9.17, 15) is 9.90 Å². The lowest BCUT2D eigenvalue weighted by Crippen LogP contribution is -2.58. The van der Waals surface area contributed by atoms with Crippen LogP contribution in [0.3, 0.4) is 0 Å². The lowest BCUT2D eigenvalue weighted by atomic mass is 9.45. The van der Waals surface area contributed by atoms with Crippen molar-refractivity contribution in [1.29, 1.82) is 0 Å². The summed E-state index contributed by atoms with van der Waals surface area (Å²) in [4.78, 5) is 17.7. The number of hydrogen-bond acceptors (Lipinski definition) is 4. The van der Waals surface area contributed by atoms with Crippen LogP contribution in [0.4, 0.5) is 0 Å². The number of aliphatic hydroxyl groups excluding tert-OH is 1. The van der Waals surface area contributed by atoms with Crippen LogP contribution in [0, 0.1) is 29.1 Å². The zero-order valence-electron chi connectivity index (χ0n) is 13.7. The number of aliphatic imine (C=N–C) groups is 1. The predicted molar refractivity (Wildman–Crippen MR) is 85.4 cm³/mol. The predicted octanol–water partition coefficient (Wildman–Crippen LogP) is 2.29. The van der Waals surface area contributed by atoms with Crippen LogP contribution >= 0.6 is 0 Å². The second kappa shape index (κ2) is 4.56. The van der Waals surface area contributed by atoms with Crippen molar-refractivity contribution in [1.82, 2.24) is 0 Å². The SMILES string of the molecule is C[C@]12CCC(O)CC1CC[C@@H]1[C@H]2C(=O)C[C@]2(C)N=C(N)C[C@@H]12. The Morgan fingerprint density at radius 3 is 2.82 bits per heavy atom. The first-order chi connectivity index (χ1) is 10.3. The standard InChI is InChI=1S/C18H28N2O2/c1-17-6-5-11(21)7-10(17)3-4-12-13-8-15(19)20-18(13,2)9-14(22)16(12)17/h10-13,16,21H,3-9H2,1-2H3,(H2,19,20)/t10?,11?,12-,13-,16-,17-,18-/m0/s1. The van der Waals surface area contributed by atoms with Gasteiger partial charge in [-0.15, -0.1) is 0 Å². The fourth-order valence-corrected chi connectivity index (χ4v) is 6.49. The van der Waals surface area contributed by atoms with Gasteiger partial charge in [0.15, 0.2) is 0 Å². The Labute approximate surface area is 132 Å². The Morgan fingerprint density at radius 1 is 1.27 bits per heavy atom. The minimum absolute atomic E-state index is 0.0813. The van der Waals surface area contributed by atoms with E-state index in [4.69, 9.17) is 5.73 Å². The van der Waals surface area contributed by atoms with Gasteiger partial charge in [-0.25, -0.2) is 0 Å². The molecule has 0 aromatic rings. The number of amidine groups is 1. The molecule has 4 aliphatic rings. The number of carbonyl (C=O) groups excluding carboxylic acids is 1. The molecule has 3 N–H and O–H groups in total. The highest BCUT2D eigenvalue weighted by Crippen LogP contribution is 2.62. The molecular formula is C18H28N2O2. The Hall–Kier alpha value is -0.900. The van der Waals surface area contributed by atoms with Gasteiger partial charge in [-0.1, -0.05) is 6.92 Å². The van der Waals surface area contributed by atoms with Gasteiger partial charge < -0.3 is 10.8 Å². The largest absolute Gasteiger partial charge is 0.393 e. The fourth-order valence-electron chi connectivity index (χ4n) is 6.49. The van der Waals surface area contributed by atoms with Crippen LogP contribution in [0.15, 0.2) is 4.99 Å².